The van der Waals surface area contributed by atoms with Crippen LogP contribution in [0, 0.1) is 6.92 Å². The number of aryl methyl sites for hydroxylation is 2. The van der Waals surface area contributed by atoms with Gasteiger partial charge in [-0.1, -0.05) is 0 Å². The normalized spacial score (nSPS) is 10.3. The minimum atomic E-state index is -0.994. The third-order valence-electron chi connectivity index (χ3n) is 2.47. The van der Waals surface area contributed by atoms with Gasteiger partial charge in [0.15, 0.2) is 0 Å². The number of carboxylic acids is 1. The summed E-state index contributed by atoms with van der Waals surface area (Å²) in [6, 6.07) is 5.09. The van der Waals surface area contributed by atoms with Crippen LogP contribution in [0.3, 0.4) is 0 Å². The van der Waals surface area contributed by atoms with Crippen molar-refractivity contribution in [2.75, 3.05) is 5.32 Å². The molecule has 0 aliphatic heterocycles. The SMILES string of the molecule is Cc1ccc(C(=O)O)c(NCc2ccn(C)n2)n1. The molecule has 2 N–H and O–H groups in total. The number of nitrogens with one attached hydrogen (secondary N) is 1. The summed E-state index contributed by atoms with van der Waals surface area (Å²) in [7, 11) is 1.83. The molecule has 0 aliphatic carbocycles. The second-order valence-electron chi connectivity index (χ2n) is 3.99. The van der Waals surface area contributed by atoms with Gasteiger partial charge in [0, 0.05) is 18.9 Å². The number of hydrogen-bond donors (Lipinski definition) is 2. The monoisotopic (exact) mass is 246 g/mol. The highest BCUT2D eigenvalue weighted by molar-refractivity contribution is 5.93. The van der Waals surface area contributed by atoms with Crippen LogP contribution in [0.15, 0.2) is 24.4 Å². The molecular formula is C12H14N4O2. The maximum absolute atomic E-state index is 11.0. The van der Waals surface area contributed by atoms with Gasteiger partial charge in [-0.15, -0.1) is 0 Å². The average Bonchev–Trinajstić information content (AvgIpc) is 2.72. The number of carboxylic acid groups (broad SMARTS) is 1. The Hall–Kier alpha value is -2.37. The quantitative estimate of drug-likeness (QED) is 0.853. The van der Waals surface area contributed by atoms with E-state index >= 15 is 0 Å². The van der Waals surface area contributed by atoms with E-state index in [2.05, 4.69) is 15.4 Å². The van der Waals surface area contributed by atoms with Gasteiger partial charge in [0.2, 0.25) is 0 Å². The number of rotatable bonds is 4. The van der Waals surface area contributed by atoms with Crippen LogP contribution in [0.1, 0.15) is 21.7 Å². The number of nitrogens with zero attached hydrogens (tertiary/aromatic N) is 3. The summed E-state index contributed by atoms with van der Waals surface area (Å²) in [5, 5.41) is 16.3. The van der Waals surface area contributed by atoms with Crippen LogP contribution < -0.4 is 5.32 Å². The molecule has 0 radical (unpaired) electrons. The fourth-order valence-corrected chi connectivity index (χ4v) is 1.60. The predicted molar refractivity (Wildman–Crippen MR) is 66.5 cm³/mol. The highest BCUT2D eigenvalue weighted by Gasteiger charge is 2.11. The third kappa shape index (κ3) is 2.65. The first-order valence-corrected chi connectivity index (χ1v) is 5.49. The summed E-state index contributed by atoms with van der Waals surface area (Å²) in [6.07, 6.45) is 1.83. The fourth-order valence-electron chi connectivity index (χ4n) is 1.60. The van der Waals surface area contributed by atoms with Crippen LogP contribution in [0.4, 0.5) is 5.82 Å². The summed E-state index contributed by atoms with van der Waals surface area (Å²) < 4.78 is 1.69. The lowest BCUT2D eigenvalue weighted by molar-refractivity contribution is 0.0697. The Bertz CT molecular complexity index is 577. The zero-order valence-electron chi connectivity index (χ0n) is 10.2. The number of aromatic nitrogens is 3. The highest BCUT2D eigenvalue weighted by atomic mass is 16.4. The van der Waals surface area contributed by atoms with Crippen molar-refractivity contribution in [3.05, 3.63) is 41.3 Å². The highest BCUT2D eigenvalue weighted by Crippen LogP contribution is 2.14. The van der Waals surface area contributed by atoms with Gasteiger partial charge in [-0.2, -0.15) is 5.10 Å². The Kier molecular flexibility index (Phi) is 3.27. The number of hydrogen-bond acceptors (Lipinski definition) is 4. The van der Waals surface area contributed by atoms with Crippen molar-refractivity contribution in [3.63, 3.8) is 0 Å². The first kappa shape index (κ1) is 12.1. The molecule has 0 atom stereocenters. The number of pyridine rings is 1. The molecule has 0 saturated heterocycles. The third-order valence-corrected chi connectivity index (χ3v) is 2.47. The molecule has 6 nitrogen and oxygen atoms in total. The maximum Gasteiger partial charge on any atom is 0.339 e. The van der Waals surface area contributed by atoms with E-state index in [1.54, 1.807) is 16.8 Å². The van der Waals surface area contributed by atoms with E-state index in [4.69, 9.17) is 5.11 Å². The molecule has 0 fully saturated rings. The zero-order valence-corrected chi connectivity index (χ0v) is 10.2. The van der Waals surface area contributed by atoms with Crippen molar-refractivity contribution in [2.45, 2.75) is 13.5 Å². The molecule has 0 amide bonds. The van der Waals surface area contributed by atoms with Crippen LogP contribution in [0.5, 0.6) is 0 Å². The smallest absolute Gasteiger partial charge is 0.339 e. The van der Waals surface area contributed by atoms with E-state index in [1.165, 1.54) is 0 Å². The van der Waals surface area contributed by atoms with Gasteiger partial charge in [0.25, 0.3) is 0 Å². The van der Waals surface area contributed by atoms with Crippen molar-refractivity contribution in [1.29, 1.82) is 0 Å². The molecule has 6 heteroatoms. The van der Waals surface area contributed by atoms with Crippen LogP contribution in [0.25, 0.3) is 0 Å². The molecule has 2 heterocycles. The molecule has 2 aromatic rings. The minimum absolute atomic E-state index is 0.163. The lowest BCUT2D eigenvalue weighted by Gasteiger charge is -2.08. The number of carbonyl (C=O) groups is 1. The Labute approximate surface area is 104 Å². The molecule has 0 aromatic carbocycles. The lowest BCUT2D eigenvalue weighted by Crippen LogP contribution is -2.09. The van der Waals surface area contributed by atoms with Gasteiger partial charge >= 0.3 is 5.97 Å². The molecule has 0 spiro atoms. The average molecular weight is 246 g/mol. The molecule has 0 bridgehead atoms. The first-order chi connectivity index (χ1) is 8.56. The van der Waals surface area contributed by atoms with E-state index in [-0.39, 0.29) is 5.56 Å². The molecule has 0 saturated carbocycles. The van der Waals surface area contributed by atoms with E-state index in [0.717, 1.165) is 11.4 Å². The van der Waals surface area contributed by atoms with Crippen molar-refractivity contribution in [2.24, 2.45) is 7.05 Å². The van der Waals surface area contributed by atoms with E-state index in [1.807, 2.05) is 26.2 Å². The summed E-state index contributed by atoms with van der Waals surface area (Å²) in [5.74, 6) is -0.626. The predicted octanol–water partition coefficient (Wildman–Crippen LogP) is 1.43. The second kappa shape index (κ2) is 4.87. The molecule has 2 aromatic heterocycles. The lowest BCUT2D eigenvalue weighted by atomic mass is 10.2. The maximum atomic E-state index is 11.0. The molecule has 2 rings (SSSR count). The molecule has 0 unspecified atom stereocenters. The van der Waals surface area contributed by atoms with E-state index in [9.17, 15) is 4.79 Å². The molecular weight excluding hydrogens is 232 g/mol. The fraction of sp³-hybridized carbons (Fsp3) is 0.250. The Morgan fingerprint density at radius 1 is 1.44 bits per heavy atom. The largest absolute Gasteiger partial charge is 0.478 e. The van der Waals surface area contributed by atoms with Gasteiger partial charge in [-0.25, -0.2) is 9.78 Å². The molecule has 18 heavy (non-hydrogen) atoms. The van der Waals surface area contributed by atoms with Crippen molar-refractivity contribution >= 4 is 11.8 Å². The Morgan fingerprint density at radius 2 is 2.22 bits per heavy atom. The standard InChI is InChI=1S/C12H14N4O2/c1-8-3-4-10(12(17)18)11(14-8)13-7-9-5-6-16(2)15-9/h3-6H,7H2,1-2H3,(H,13,14)(H,17,18). The van der Waals surface area contributed by atoms with Crippen molar-refractivity contribution in [1.82, 2.24) is 14.8 Å². The van der Waals surface area contributed by atoms with Crippen LogP contribution in [0.2, 0.25) is 0 Å². The topological polar surface area (TPSA) is 80.0 Å². The van der Waals surface area contributed by atoms with Crippen LogP contribution in [-0.2, 0) is 13.6 Å². The second-order valence-corrected chi connectivity index (χ2v) is 3.99. The Morgan fingerprint density at radius 3 is 2.83 bits per heavy atom. The first-order valence-electron chi connectivity index (χ1n) is 5.49. The van der Waals surface area contributed by atoms with Gasteiger partial charge in [0.1, 0.15) is 11.4 Å². The molecule has 94 valence electrons. The summed E-state index contributed by atoms with van der Waals surface area (Å²) in [4.78, 5) is 15.2. The number of aromatic carboxylic acids is 1. The van der Waals surface area contributed by atoms with E-state index in [0.29, 0.717) is 12.4 Å². The summed E-state index contributed by atoms with van der Waals surface area (Å²) in [5.41, 5.74) is 1.76. The minimum Gasteiger partial charge on any atom is -0.478 e. The zero-order chi connectivity index (χ0) is 13.1. The van der Waals surface area contributed by atoms with E-state index < -0.39 is 5.97 Å². The summed E-state index contributed by atoms with van der Waals surface area (Å²) >= 11 is 0. The van der Waals surface area contributed by atoms with Crippen molar-refractivity contribution < 1.29 is 9.90 Å². The Balaban J connectivity index is 2.17. The van der Waals surface area contributed by atoms with Gasteiger partial charge < -0.3 is 10.4 Å². The summed E-state index contributed by atoms with van der Waals surface area (Å²) in [6.45, 7) is 2.26. The number of anilines is 1. The molecule has 0 aliphatic rings. The van der Waals surface area contributed by atoms with Crippen LogP contribution in [-0.4, -0.2) is 25.8 Å². The van der Waals surface area contributed by atoms with Gasteiger partial charge in [-0.05, 0) is 25.1 Å². The van der Waals surface area contributed by atoms with Crippen molar-refractivity contribution in [3.8, 4) is 0 Å². The van der Waals surface area contributed by atoms with Gasteiger partial charge in [-0.3, -0.25) is 4.68 Å². The van der Waals surface area contributed by atoms with Gasteiger partial charge in [0.05, 0.1) is 12.2 Å². The van der Waals surface area contributed by atoms with Crippen LogP contribution >= 0.6 is 0 Å².